The highest BCUT2D eigenvalue weighted by molar-refractivity contribution is 5.20. The first-order valence-corrected chi connectivity index (χ1v) is 3.81. The van der Waals surface area contributed by atoms with Crippen LogP contribution in [-0.4, -0.2) is 6.54 Å². The summed E-state index contributed by atoms with van der Waals surface area (Å²) in [4.78, 5) is 5.16. The van der Waals surface area contributed by atoms with E-state index in [-0.39, 0.29) is 0 Å². The predicted octanol–water partition coefficient (Wildman–Crippen LogP) is 1.59. The van der Waals surface area contributed by atoms with Crippen molar-refractivity contribution in [3.63, 3.8) is 0 Å². The summed E-state index contributed by atoms with van der Waals surface area (Å²) in [6.45, 7) is 0.672. The minimum Gasteiger partial charge on any atom is -0.409 e. The van der Waals surface area contributed by atoms with Gasteiger partial charge < -0.3 is 4.84 Å². The lowest BCUT2D eigenvalue weighted by Gasteiger charge is -2.03. The number of hydrogen-bond donors (Lipinski definition) is 1. The summed E-state index contributed by atoms with van der Waals surface area (Å²) in [5.41, 5.74) is 2.76. The molecule has 0 radical (unpaired) electrons. The topological polar surface area (TPSA) is 21.3 Å². The maximum Gasteiger partial charge on any atom is 0.147 e. The fourth-order valence-electron chi connectivity index (χ4n) is 0.746. The van der Waals surface area contributed by atoms with Crippen molar-refractivity contribution in [2.24, 2.45) is 0 Å². The molecular formula is C10H11NO. The Morgan fingerprint density at radius 2 is 2.08 bits per heavy atom. The lowest BCUT2D eigenvalue weighted by Crippen LogP contribution is -2.19. The molecule has 0 unspecified atom stereocenters. The molecule has 0 atom stereocenters. The molecule has 1 aromatic carbocycles. The van der Waals surface area contributed by atoms with Crippen LogP contribution in [0.15, 0.2) is 30.3 Å². The summed E-state index contributed by atoms with van der Waals surface area (Å²) in [6, 6.07) is 9.52. The van der Waals surface area contributed by atoms with Gasteiger partial charge in [0, 0.05) is 13.0 Å². The van der Waals surface area contributed by atoms with Gasteiger partial charge in [-0.2, -0.15) is 5.48 Å². The molecule has 0 bridgehead atoms. The van der Waals surface area contributed by atoms with Crippen LogP contribution in [0.1, 0.15) is 6.42 Å². The lowest BCUT2D eigenvalue weighted by molar-refractivity contribution is 0.199. The highest BCUT2D eigenvalue weighted by Crippen LogP contribution is 2.05. The maximum atomic E-state index is 5.16. The molecular weight excluding hydrogens is 150 g/mol. The zero-order valence-electron chi connectivity index (χ0n) is 6.79. The second kappa shape index (κ2) is 5.22. The first kappa shape index (κ1) is 8.63. The van der Waals surface area contributed by atoms with Crippen molar-refractivity contribution in [2.75, 3.05) is 6.54 Å². The molecule has 2 heteroatoms. The molecule has 62 valence electrons. The van der Waals surface area contributed by atoms with Crippen molar-refractivity contribution in [3.05, 3.63) is 30.3 Å². The SMILES string of the molecule is C#CCCNOc1ccccc1. The summed E-state index contributed by atoms with van der Waals surface area (Å²) >= 11 is 0. The first-order valence-electron chi connectivity index (χ1n) is 3.81. The van der Waals surface area contributed by atoms with Gasteiger partial charge in [-0.3, -0.25) is 0 Å². The number of hydroxylamine groups is 1. The van der Waals surface area contributed by atoms with Crippen molar-refractivity contribution in [2.45, 2.75) is 6.42 Å². The van der Waals surface area contributed by atoms with Crippen LogP contribution in [0.25, 0.3) is 0 Å². The number of rotatable bonds is 4. The van der Waals surface area contributed by atoms with Gasteiger partial charge in [-0.25, -0.2) is 0 Å². The Kier molecular flexibility index (Phi) is 3.76. The number of para-hydroxylation sites is 1. The van der Waals surface area contributed by atoms with Crippen LogP contribution in [0, 0.1) is 12.3 Å². The highest BCUT2D eigenvalue weighted by Gasteiger charge is 1.88. The minimum atomic E-state index is 0.672. The molecule has 0 aliphatic heterocycles. The second-order valence-corrected chi connectivity index (χ2v) is 2.26. The smallest absolute Gasteiger partial charge is 0.147 e. The second-order valence-electron chi connectivity index (χ2n) is 2.26. The van der Waals surface area contributed by atoms with Gasteiger partial charge in [0.2, 0.25) is 0 Å². The zero-order chi connectivity index (χ0) is 8.65. The molecule has 1 aromatic rings. The maximum absolute atomic E-state index is 5.16. The quantitative estimate of drug-likeness (QED) is 0.411. The molecule has 0 amide bonds. The van der Waals surface area contributed by atoms with E-state index in [4.69, 9.17) is 11.3 Å². The molecule has 0 heterocycles. The Morgan fingerprint density at radius 1 is 1.33 bits per heavy atom. The molecule has 0 aliphatic rings. The Labute approximate surface area is 72.5 Å². The molecule has 0 saturated carbocycles. The monoisotopic (exact) mass is 161 g/mol. The van der Waals surface area contributed by atoms with E-state index in [1.165, 1.54) is 0 Å². The summed E-state index contributed by atoms with van der Waals surface area (Å²) < 4.78 is 0. The van der Waals surface area contributed by atoms with Gasteiger partial charge in [0.05, 0.1) is 0 Å². The third-order valence-corrected chi connectivity index (χ3v) is 1.30. The Bertz CT molecular complexity index is 250. The number of terminal acetylenes is 1. The van der Waals surface area contributed by atoms with Crippen molar-refractivity contribution in [1.82, 2.24) is 5.48 Å². The van der Waals surface area contributed by atoms with E-state index in [1.54, 1.807) is 0 Å². The fraction of sp³-hybridized carbons (Fsp3) is 0.200. The van der Waals surface area contributed by atoms with E-state index in [1.807, 2.05) is 30.3 Å². The van der Waals surface area contributed by atoms with E-state index >= 15 is 0 Å². The summed E-state index contributed by atoms with van der Waals surface area (Å²) in [7, 11) is 0. The van der Waals surface area contributed by atoms with Crippen LogP contribution in [0.4, 0.5) is 0 Å². The van der Waals surface area contributed by atoms with Gasteiger partial charge in [0.15, 0.2) is 0 Å². The molecule has 1 N–H and O–H groups in total. The van der Waals surface area contributed by atoms with Gasteiger partial charge in [-0.05, 0) is 12.1 Å². The van der Waals surface area contributed by atoms with Gasteiger partial charge in [0.1, 0.15) is 5.75 Å². The normalized spacial score (nSPS) is 8.92. The molecule has 0 fully saturated rings. The fourth-order valence-corrected chi connectivity index (χ4v) is 0.746. The Hall–Kier alpha value is -1.46. The third-order valence-electron chi connectivity index (χ3n) is 1.30. The average molecular weight is 161 g/mol. The molecule has 0 saturated heterocycles. The van der Waals surface area contributed by atoms with Crippen molar-refractivity contribution in [1.29, 1.82) is 0 Å². The van der Waals surface area contributed by atoms with Gasteiger partial charge in [0.25, 0.3) is 0 Å². The van der Waals surface area contributed by atoms with Crippen LogP contribution in [0.2, 0.25) is 0 Å². The summed E-state index contributed by atoms with van der Waals surface area (Å²) in [5.74, 6) is 3.31. The van der Waals surface area contributed by atoms with Crippen LogP contribution in [0.5, 0.6) is 5.75 Å². The summed E-state index contributed by atoms with van der Waals surface area (Å²) in [6.07, 6.45) is 5.74. The minimum absolute atomic E-state index is 0.672. The lowest BCUT2D eigenvalue weighted by atomic mass is 10.3. The molecule has 0 spiro atoms. The average Bonchev–Trinajstić information content (AvgIpc) is 2.14. The van der Waals surface area contributed by atoms with Gasteiger partial charge >= 0.3 is 0 Å². The van der Waals surface area contributed by atoms with Crippen LogP contribution < -0.4 is 10.3 Å². The van der Waals surface area contributed by atoms with Crippen molar-refractivity contribution < 1.29 is 4.84 Å². The first-order chi connectivity index (χ1) is 5.93. The van der Waals surface area contributed by atoms with Gasteiger partial charge in [-0.1, -0.05) is 18.2 Å². The highest BCUT2D eigenvalue weighted by atomic mass is 16.6. The summed E-state index contributed by atoms with van der Waals surface area (Å²) in [5, 5.41) is 0. The van der Waals surface area contributed by atoms with E-state index in [0.29, 0.717) is 13.0 Å². The molecule has 0 aliphatic carbocycles. The van der Waals surface area contributed by atoms with Crippen molar-refractivity contribution >= 4 is 0 Å². The molecule has 0 aromatic heterocycles. The van der Waals surface area contributed by atoms with E-state index < -0.39 is 0 Å². The van der Waals surface area contributed by atoms with E-state index in [9.17, 15) is 0 Å². The van der Waals surface area contributed by atoms with E-state index in [2.05, 4.69) is 11.4 Å². The standard InChI is InChI=1S/C10H11NO/c1-2-3-9-11-12-10-7-5-4-6-8-10/h1,4-8,11H,3,9H2. The molecule has 12 heavy (non-hydrogen) atoms. The van der Waals surface area contributed by atoms with Crippen molar-refractivity contribution in [3.8, 4) is 18.1 Å². The number of hydrogen-bond acceptors (Lipinski definition) is 2. The molecule has 1 rings (SSSR count). The van der Waals surface area contributed by atoms with Crippen LogP contribution >= 0.6 is 0 Å². The number of nitrogens with one attached hydrogen (secondary N) is 1. The van der Waals surface area contributed by atoms with E-state index in [0.717, 1.165) is 5.75 Å². The van der Waals surface area contributed by atoms with Gasteiger partial charge in [-0.15, -0.1) is 12.3 Å². The zero-order valence-corrected chi connectivity index (χ0v) is 6.79. The van der Waals surface area contributed by atoms with Crippen LogP contribution in [0.3, 0.4) is 0 Å². The largest absolute Gasteiger partial charge is 0.409 e. The number of benzene rings is 1. The van der Waals surface area contributed by atoms with Crippen LogP contribution in [-0.2, 0) is 0 Å². The predicted molar refractivity (Wildman–Crippen MR) is 48.5 cm³/mol. The molecule has 2 nitrogen and oxygen atoms in total. The Morgan fingerprint density at radius 3 is 2.75 bits per heavy atom. The third kappa shape index (κ3) is 3.09. The Balaban J connectivity index is 2.21.